The number of tetrazole rings is 1. The van der Waals surface area contributed by atoms with Gasteiger partial charge in [-0.15, -0.1) is 5.10 Å². The first-order chi connectivity index (χ1) is 10.3. The van der Waals surface area contributed by atoms with Crippen LogP contribution < -0.4 is 5.32 Å². The lowest BCUT2D eigenvalue weighted by atomic mass is 10.2. The van der Waals surface area contributed by atoms with Crippen molar-refractivity contribution in [1.29, 1.82) is 0 Å². The van der Waals surface area contributed by atoms with Gasteiger partial charge in [-0.2, -0.15) is 4.52 Å². The maximum Gasteiger partial charge on any atom is 0.222 e. The Kier molecular flexibility index (Phi) is 2.56. The molecule has 3 heterocycles. The highest BCUT2D eigenvalue weighted by Gasteiger charge is 2.15. The van der Waals surface area contributed by atoms with E-state index < -0.39 is 0 Å². The Morgan fingerprint density at radius 3 is 2.95 bits per heavy atom. The average molecular weight is 280 g/mol. The second-order valence-corrected chi connectivity index (χ2v) is 4.74. The van der Waals surface area contributed by atoms with Crippen molar-refractivity contribution in [3.63, 3.8) is 0 Å². The lowest BCUT2D eigenvalue weighted by molar-refractivity contribution is 0.490. The standard InChI is InChI=1S/C14H12N6O/c1-9(12-7-4-8-21-12)15-13-14-17-18-19-20(14)11-6-3-2-5-10(11)16-13/h2-9H,1H3,(H,15,16). The summed E-state index contributed by atoms with van der Waals surface area (Å²) >= 11 is 0. The number of fused-ring (bicyclic) bond motifs is 3. The molecular formula is C14H12N6O. The number of para-hydroxylation sites is 2. The van der Waals surface area contributed by atoms with Crippen molar-refractivity contribution in [3.8, 4) is 0 Å². The summed E-state index contributed by atoms with van der Waals surface area (Å²) in [5, 5.41) is 15.1. The Morgan fingerprint density at radius 2 is 2.10 bits per heavy atom. The number of hydrogen-bond acceptors (Lipinski definition) is 6. The molecule has 1 N–H and O–H groups in total. The Balaban J connectivity index is 1.85. The smallest absolute Gasteiger partial charge is 0.222 e. The molecule has 0 aliphatic carbocycles. The summed E-state index contributed by atoms with van der Waals surface area (Å²) in [6.45, 7) is 2.00. The molecule has 21 heavy (non-hydrogen) atoms. The van der Waals surface area contributed by atoms with Gasteiger partial charge in [-0.25, -0.2) is 4.98 Å². The van der Waals surface area contributed by atoms with Crippen LogP contribution in [0.2, 0.25) is 0 Å². The van der Waals surface area contributed by atoms with Gasteiger partial charge in [0.1, 0.15) is 5.76 Å². The van der Waals surface area contributed by atoms with E-state index in [4.69, 9.17) is 4.42 Å². The van der Waals surface area contributed by atoms with Crippen LogP contribution in [0.15, 0.2) is 47.1 Å². The highest BCUT2D eigenvalue weighted by molar-refractivity contribution is 5.81. The topological polar surface area (TPSA) is 81.1 Å². The molecule has 0 fully saturated rings. The van der Waals surface area contributed by atoms with E-state index in [0.717, 1.165) is 16.8 Å². The van der Waals surface area contributed by atoms with Gasteiger partial charge in [0.15, 0.2) is 5.82 Å². The molecule has 7 heteroatoms. The van der Waals surface area contributed by atoms with Crippen LogP contribution in [0, 0.1) is 0 Å². The molecule has 1 aromatic carbocycles. The minimum absolute atomic E-state index is 0.0332. The largest absolute Gasteiger partial charge is 0.467 e. The van der Waals surface area contributed by atoms with Crippen molar-refractivity contribution in [2.45, 2.75) is 13.0 Å². The van der Waals surface area contributed by atoms with E-state index in [-0.39, 0.29) is 6.04 Å². The quantitative estimate of drug-likeness (QED) is 0.620. The molecule has 1 unspecified atom stereocenters. The van der Waals surface area contributed by atoms with Crippen molar-refractivity contribution < 1.29 is 4.42 Å². The van der Waals surface area contributed by atoms with Gasteiger partial charge in [-0.1, -0.05) is 12.1 Å². The zero-order valence-corrected chi connectivity index (χ0v) is 11.3. The van der Waals surface area contributed by atoms with Crippen LogP contribution in [-0.2, 0) is 0 Å². The van der Waals surface area contributed by atoms with E-state index in [1.165, 1.54) is 0 Å². The van der Waals surface area contributed by atoms with Crippen LogP contribution >= 0.6 is 0 Å². The molecule has 0 radical (unpaired) electrons. The van der Waals surface area contributed by atoms with Crippen LogP contribution in [0.25, 0.3) is 16.7 Å². The number of aromatic nitrogens is 5. The predicted molar refractivity (Wildman–Crippen MR) is 76.8 cm³/mol. The van der Waals surface area contributed by atoms with Crippen LogP contribution in [0.1, 0.15) is 18.7 Å². The fourth-order valence-corrected chi connectivity index (χ4v) is 2.32. The van der Waals surface area contributed by atoms with Crippen molar-refractivity contribution >= 4 is 22.5 Å². The average Bonchev–Trinajstić information content (AvgIpc) is 3.19. The van der Waals surface area contributed by atoms with Crippen LogP contribution in [0.5, 0.6) is 0 Å². The number of furan rings is 1. The van der Waals surface area contributed by atoms with Gasteiger partial charge in [0.2, 0.25) is 5.65 Å². The highest BCUT2D eigenvalue weighted by atomic mass is 16.3. The van der Waals surface area contributed by atoms with E-state index in [9.17, 15) is 0 Å². The summed E-state index contributed by atoms with van der Waals surface area (Å²) in [6.07, 6.45) is 1.65. The molecule has 1 atom stereocenters. The number of nitrogens with zero attached hydrogens (tertiary/aromatic N) is 5. The van der Waals surface area contributed by atoms with E-state index in [1.807, 2.05) is 43.3 Å². The van der Waals surface area contributed by atoms with E-state index in [1.54, 1.807) is 10.8 Å². The van der Waals surface area contributed by atoms with Gasteiger partial charge < -0.3 is 9.73 Å². The normalized spacial score (nSPS) is 12.8. The van der Waals surface area contributed by atoms with Crippen molar-refractivity contribution in [2.24, 2.45) is 0 Å². The first-order valence-electron chi connectivity index (χ1n) is 6.60. The number of nitrogens with one attached hydrogen (secondary N) is 1. The molecule has 3 aromatic heterocycles. The number of anilines is 1. The molecule has 4 aromatic rings. The maximum atomic E-state index is 5.40. The summed E-state index contributed by atoms with van der Waals surface area (Å²) in [5.41, 5.74) is 2.28. The number of rotatable bonds is 3. The molecule has 0 saturated heterocycles. The highest BCUT2D eigenvalue weighted by Crippen LogP contribution is 2.23. The summed E-state index contributed by atoms with van der Waals surface area (Å²) in [6, 6.07) is 11.5. The predicted octanol–water partition coefficient (Wildman–Crippen LogP) is 2.44. The van der Waals surface area contributed by atoms with E-state index >= 15 is 0 Å². The minimum Gasteiger partial charge on any atom is -0.467 e. The zero-order chi connectivity index (χ0) is 14.2. The van der Waals surface area contributed by atoms with Gasteiger partial charge in [-0.3, -0.25) is 0 Å². The third-order valence-electron chi connectivity index (χ3n) is 3.35. The Hall–Kier alpha value is -2.96. The first kappa shape index (κ1) is 11.8. The van der Waals surface area contributed by atoms with Gasteiger partial charge in [0.25, 0.3) is 0 Å². The van der Waals surface area contributed by atoms with Gasteiger partial charge in [0, 0.05) is 0 Å². The molecule has 4 rings (SSSR count). The third kappa shape index (κ3) is 1.90. The number of hydrogen-bond donors (Lipinski definition) is 1. The Labute approximate surface area is 119 Å². The molecule has 7 nitrogen and oxygen atoms in total. The van der Waals surface area contributed by atoms with Crippen molar-refractivity contribution in [2.75, 3.05) is 5.32 Å². The molecular weight excluding hydrogens is 268 g/mol. The first-order valence-corrected chi connectivity index (χ1v) is 6.60. The molecule has 0 amide bonds. The van der Waals surface area contributed by atoms with Crippen LogP contribution in [-0.4, -0.2) is 25.0 Å². The van der Waals surface area contributed by atoms with E-state index in [0.29, 0.717) is 11.5 Å². The van der Waals surface area contributed by atoms with Gasteiger partial charge in [0.05, 0.1) is 23.3 Å². The molecule has 0 aliphatic heterocycles. The molecule has 0 bridgehead atoms. The summed E-state index contributed by atoms with van der Waals surface area (Å²) in [4.78, 5) is 4.61. The summed E-state index contributed by atoms with van der Waals surface area (Å²) in [7, 11) is 0. The van der Waals surface area contributed by atoms with Gasteiger partial charge >= 0.3 is 0 Å². The van der Waals surface area contributed by atoms with Crippen molar-refractivity contribution in [3.05, 3.63) is 48.4 Å². The second-order valence-electron chi connectivity index (χ2n) is 4.74. The maximum absolute atomic E-state index is 5.40. The van der Waals surface area contributed by atoms with Crippen molar-refractivity contribution in [1.82, 2.24) is 25.0 Å². The fourth-order valence-electron chi connectivity index (χ4n) is 2.32. The molecule has 104 valence electrons. The third-order valence-corrected chi connectivity index (χ3v) is 3.35. The Morgan fingerprint density at radius 1 is 1.19 bits per heavy atom. The van der Waals surface area contributed by atoms with E-state index in [2.05, 4.69) is 25.8 Å². The number of benzene rings is 1. The summed E-state index contributed by atoms with van der Waals surface area (Å²) in [5.74, 6) is 1.46. The minimum atomic E-state index is -0.0332. The summed E-state index contributed by atoms with van der Waals surface area (Å²) < 4.78 is 7.08. The lowest BCUT2D eigenvalue weighted by Crippen LogP contribution is -2.09. The fraction of sp³-hybridized carbons (Fsp3) is 0.143. The Bertz CT molecular complexity index is 898. The van der Waals surface area contributed by atoms with Crippen LogP contribution in [0.3, 0.4) is 0 Å². The second kappa shape index (κ2) is 4.55. The molecule has 0 spiro atoms. The molecule has 0 saturated carbocycles. The van der Waals surface area contributed by atoms with Crippen LogP contribution in [0.4, 0.5) is 5.82 Å². The van der Waals surface area contributed by atoms with Gasteiger partial charge in [-0.05, 0) is 41.6 Å². The SMILES string of the molecule is CC(Nc1nc2ccccc2n2nnnc12)c1ccco1. The molecule has 0 aliphatic rings. The zero-order valence-electron chi connectivity index (χ0n) is 11.3. The monoisotopic (exact) mass is 280 g/mol. The lowest BCUT2D eigenvalue weighted by Gasteiger charge is -2.13.